The van der Waals surface area contributed by atoms with Gasteiger partial charge in [0.05, 0.1) is 6.04 Å². The van der Waals surface area contributed by atoms with Crippen LogP contribution in [0.1, 0.15) is 17.4 Å². The van der Waals surface area contributed by atoms with Crippen molar-refractivity contribution in [3.8, 4) is 0 Å². The molecular weight excluding hydrogens is 192 g/mol. The predicted molar refractivity (Wildman–Crippen MR) is 55.7 cm³/mol. The van der Waals surface area contributed by atoms with Crippen molar-refractivity contribution in [3.05, 3.63) is 36.0 Å². The topological polar surface area (TPSA) is 107 Å². The monoisotopic (exact) mass is 204 g/mol. The number of H-pyrrole nitrogens is 1. The molecule has 0 aliphatic carbocycles. The molecule has 6 nitrogen and oxygen atoms in total. The van der Waals surface area contributed by atoms with Gasteiger partial charge >= 0.3 is 0 Å². The Labute approximate surface area is 86.7 Å². The van der Waals surface area contributed by atoms with Gasteiger partial charge in [-0.05, 0) is 24.1 Å². The van der Waals surface area contributed by atoms with Gasteiger partial charge in [-0.15, -0.1) is 0 Å². The summed E-state index contributed by atoms with van der Waals surface area (Å²) >= 11 is 0. The van der Waals surface area contributed by atoms with Gasteiger partial charge in [0, 0.05) is 6.20 Å². The van der Waals surface area contributed by atoms with Crippen molar-refractivity contribution in [1.29, 1.82) is 0 Å². The van der Waals surface area contributed by atoms with E-state index >= 15 is 0 Å². The average molecular weight is 204 g/mol. The predicted octanol–water partition coefficient (Wildman–Crippen LogP) is 0.0244. The number of rotatable bonds is 3. The molecule has 0 saturated carbocycles. The maximum absolute atomic E-state index is 5.93. The molecule has 0 aliphatic rings. The number of nitrogens with one attached hydrogen (secondary N) is 1. The fourth-order valence-electron chi connectivity index (χ4n) is 1.37. The zero-order chi connectivity index (χ0) is 10.7. The van der Waals surface area contributed by atoms with Crippen molar-refractivity contribution in [2.24, 2.45) is 5.73 Å². The lowest BCUT2D eigenvalue weighted by Crippen LogP contribution is -2.15. The number of nitrogen functional groups attached to an aromatic ring is 1. The molecule has 0 aromatic carbocycles. The summed E-state index contributed by atoms with van der Waals surface area (Å²) in [6, 6.07) is 3.48. The number of aromatic amines is 1. The molecule has 2 heterocycles. The highest BCUT2D eigenvalue weighted by Crippen LogP contribution is 2.12. The van der Waals surface area contributed by atoms with Crippen molar-refractivity contribution in [3.63, 3.8) is 0 Å². The Morgan fingerprint density at radius 3 is 2.93 bits per heavy atom. The van der Waals surface area contributed by atoms with Gasteiger partial charge in [0.2, 0.25) is 0 Å². The molecule has 0 radical (unpaired) electrons. The summed E-state index contributed by atoms with van der Waals surface area (Å²) in [5.41, 5.74) is 12.5. The third kappa shape index (κ3) is 2.29. The Kier molecular flexibility index (Phi) is 2.59. The van der Waals surface area contributed by atoms with Crippen LogP contribution in [0.15, 0.2) is 24.7 Å². The van der Waals surface area contributed by atoms with E-state index in [0.717, 1.165) is 5.56 Å². The van der Waals surface area contributed by atoms with Crippen LogP contribution in [0.25, 0.3) is 0 Å². The highest BCUT2D eigenvalue weighted by molar-refractivity contribution is 5.32. The molecule has 0 spiro atoms. The molecule has 2 aromatic rings. The first kappa shape index (κ1) is 9.60. The maximum Gasteiger partial charge on any atom is 0.141 e. The summed E-state index contributed by atoms with van der Waals surface area (Å²) in [5.74, 6) is 1.17. The van der Waals surface area contributed by atoms with E-state index in [1.165, 1.54) is 6.33 Å². The second-order valence-electron chi connectivity index (χ2n) is 3.27. The minimum absolute atomic E-state index is 0.200. The number of hydrogen-bond acceptors (Lipinski definition) is 5. The first-order valence-electron chi connectivity index (χ1n) is 4.57. The zero-order valence-corrected chi connectivity index (χ0v) is 8.09. The van der Waals surface area contributed by atoms with E-state index < -0.39 is 0 Å². The Morgan fingerprint density at radius 1 is 1.40 bits per heavy atom. The summed E-state index contributed by atoms with van der Waals surface area (Å²) in [6.45, 7) is 0. The van der Waals surface area contributed by atoms with Crippen LogP contribution in [0.2, 0.25) is 0 Å². The lowest BCUT2D eigenvalue weighted by Gasteiger charge is -2.08. The standard InChI is InChI=1S/C9H12N6/c10-7(9-13-5-14-15-9)3-6-1-2-12-8(11)4-6/h1-2,4-5,7H,3,10H2,(H2,11,12)(H,13,14,15). The van der Waals surface area contributed by atoms with Crippen LogP contribution >= 0.6 is 0 Å². The van der Waals surface area contributed by atoms with E-state index in [4.69, 9.17) is 11.5 Å². The lowest BCUT2D eigenvalue weighted by atomic mass is 10.1. The lowest BCUT2D eigenvalue weighted by molar-refractivity contribution is 0.671. The highest BCUT2D eigenvalue weighted by atomic mass is 15.2. The van der Waals surface area contributed by atoms with E-state index in [2.05, 4.69) is 20.2 Å². The van der Waals surface area contributed by atoms with Crippen molar-refractivity contribution < 1.29 is 0 Å². The Hall–Kier alpha value is -1.95. The number of nitrogens with zero attached hydrogens (tertiary/aromatic N) is 3. The number of aromatic nitrogens is 4. The van der Waals surface area contributed by atoms with E-state index in [9.17, 15) is 0 Å². The Morgan fingerprint density at radius 2 is 2.27 bits per heavy atom. The van der Waals surface area contributed by atoms with Crippen LogP contribution in [0.5, 0.6) is 0 Å². The van der Waals surface area contributed by atoms with Gasteiger partial charge in [-0.1, -0.05) is 0 Å². The molecule has 1 unspecified atom stereocenters. The summed E-state index contributed by atoms with van der Waals surface area (Å²) < 4.78 is 0. The van der Waals surface area contributed by atoms with Gasteiger partial charge in [0.25, 0.3) is 0 Å². The van der Waals surface area contributed by atoms with Crippen LogP contribution in [0.4, 0.5) is 5.82 Å². The van der Waals surface area contributed by atoms with Crippen LogP contribution in [0, 0.1) is 0 Å². The zero-order valence-electron chi connectivity index (χ0n) is 8.09. The molecule has 0 bridgehead atoms. The van der Waals surface area contributed by atoms with Gasteiger partial charge in [0.1, 0.15) is 18.0 Å². The highest BCUT2D eigenvalue weighted by Gasteiger charge is 2.09. The average Bonchev–Trinajstić information content (AvgIpc) is 2.70. The second kappa shape index (κ2) is 4.05. The van der Waals surface area contributed by atoms with E-state index in [0.29, 0.717) is 18.1 Å². The third-order valence-corrected chi connectivity index (χ3v) is 2.09. The molecule has 2 aromatic heterocycles. The SMILES string of the molecule is Nc1cc(CC(N)c2ncn[nH]2)ccn1. The van der Waals surface area contributed by atoms with Crippen LogP contribution < -0.4 is 11.5 Å². The third-order valence-electron chi connectivity index (χ3n) is 2.09. The molecule has 0 aliphatic heterocycles. The summed E-state index contributed by atoms with van der Waals surface area (Å²) in [7, 11) is 0. The normalized spacial score (nSPS) is 12.6. The molecule has 0 amide bonds. The van der Waals surface area contributed by atoms with Gasteiger partial charge in [-0.2, -0.15) is 5.10 Å². The number of pyridine rings is 1. The summed E-state index contributed by atoms with van der Waals surface area (Å²) in [5, 5.41) is 6.49. The van der Waals surface area contributed by atoms with E-state index in [-0.39, 0.29) is 6.04 Å². The number of nitrogens with two attached hydrogens (primary N) is 2. The first-order valence-corrected chi connectivity index (χ1v) is 4.57. The largest absolute Gasteiger partial charge is 0.384 e. The van der Waals surface area contributed by atoms with Gasteiger partial charge < -0.3 is 11.5 Å². The smallest absolute Gasteiger partial charge is 0.141 e. The van der Waals surface area contributed by atoms with Crippen LogP contribution in [-0.4, -0.2) is 20.2 Å². The van der Waals surface area contributed by atoms with Crippen molar-refractivity contribution in [2.45, 2.75) is 12.5 Å². The van der Waals surface area contributed by atoms with Crippen molar-refractivity contribution in [1.82, 2.24) is 20.2 Å². The van der Waals surface area contributed by atoms with E-state index in [1.54, 1.807) is 12.3 Å². The fourth-order valence-corrected chi connectivity index (χ4v) is 1.37. The molecule has 0 fully saturated rings. The molecule has 2 rings (SSSR count). The second-order valence-corrected chi connectivity index (χ2v) is 3.27. The fraction of sp³-hybridized carbons (Fsp3) is 0.222. The first-order chi connectivity index (χ1) is 7.25. The maximum atomic E-state index is 5.93. The number of hydrogen-bond donors (Lipinski definition) is 3. The Balaban J connectivity index is 2.09. The minimum atomic E-state index is -0.200. The van der Waals surface area contributed by atoms with Crippen LogP contribution in [-0.2, 0) is 6.42 Å². The van der Waals surface area contributed by atoms with Crippen molar-refractivity contribution >= 4 is 5.82 Å². The molecular formula is C9H12N6. The van der Waals surface area contributed by atoms with Crippen LogP contribution in [0.3, 0.4) is 0 Å². The summed E-state index contributed by atoms with van der Waals surface area (Å²) in [6.07, 6.45) is 3.76. The summed E-state index contributed by atoms with van der Waals surface area (Å²) in [4.78, 5) is 7.91. The van der Waals surface area contributed by atoms with Gasteiger partial charge in [-0.25, -0.2) is 9.97 Å². The van der Waals surface area contributed by atoms with Gasteiger partial charge in [0.15, 0.2) is 0 Å². The Bertz CT molecular complexity index is 424. The van der Waals surface area contributed by atoms with Gasteiger partial charge in [-0.3, -0.25) is 5.10 Å². The molecule has 15 heavy (non-hydrogen) atoms. The van der Waals surface area contributed by atoms with E-state index in [1.807, 2.05) is 6.07 Å². The molecule has 1 atom stereocenters. The number of anilines is 1. The molecule has 6 heteroatoms. The van der Waals surface area contributed by atoms with Crippen molar-refractivity contribution in [2.75, 3.05) is 5.73 Å². The molecule has 78 valence electrons. The molecule has 5 N–H and O–H groups in total. The quantitative estimate of drug-likeness (QED) is 0.653. The molecule has 0 saturated heterocycles. The minimum Gasteiger partial charge on any atom is -0.384 e.